The van der Waals surface area contributed by atoms with Gasteiger partial charge in [-0.2, -0.15) is 0 Å². The van der Waals surface area contributed by atoms with Gasteiger partial charge in [0.05, 0.1) is 6.54 Å². The number of nitrogens with two attached hydrogens (primary N) is 1. The van der Waals surface area contributed by atoms with Gasteiger partial charge in [-0.1, -0.05) is 48.5 Å². The van der Waals surface area contributed by atoms with E-state index in [2.05, 4.69) is 5.32 Å². The molecule has 1 aliphatic rings. The van der Waals surface area contributed by atoms with Crippen LogP contribution in [0.3, 0.4) is 0 Å². The average Bonchev–Trinajstić information content (AvgIpc) is 2.52. The van der Waals surface area contributed by atoms with E-state index in [1.54, 1.807) is 4.90 Å². The van der Waals surface area contributed by atoms with E-state index in [0.717, 1.165) is 16.8 Å². The van der Waals surface area contributed by atoms with E-state index in [9.17, 15) is 9.59 Å². The lowest BCUT2D eigenvalue weighted by Crippen LogP contribution is -2.53. The minimum absolute atomic E-state index is 0.138. The van der Waals surface area contributed by atoms with Crippen molar-refractivity contribution in [2.45, 2.75) is 19.0 Å². The van der Waals surface area contributed by atoms with Crippen LogP contribution in [0.4, 0.5) is 10.5 Å². The molecule has 22 heavy (non-hydrogen) atoms. The SMILES string of the molecule is NC(=O)N[C@@H]1Cc2ccccc2N(Cc2ccccc2)C1=O. The summed E-state index contributed by atoms with van der Waals surface area (Å²) in [5.41, 5.74) is 8.13. The van der Waals surface area contributed by atoms with Crippen LogP contribution in [-0.2, 0) is 17.8 Å². The molecule has 2 aromatic rings. The number of nitrogens with one attached hydrogen (secondary N) is 1. The summed E-state index contributed by atoms with van der Waals surface area (Å²) in [5, 5.41) is 2.54. The van der Waals surface area contributed by atoms with Crippen LogP contribution in [0.5, 0.6) is 0 Å². The zero-order valence-electron chi connectivity index (χ0n) is 12.0. The Balaban J connectivity index is 1.94. The Morgan fingerprint density at radius 1 is 1.14 bits per heavy atom. The summed E-state index contributed by atoms with van der Waals surface area (Å²) in [7, 11) is 0. The van der Waals surface area contributed by atoms with Gasteiger partial charge in [-0.05, 0) is 17.2 Å². The summed E-state index contributed by atoms with van der Waals surface area (Å²) in [5.74, 6) is -0.138. The normalized spacial score (nSPS) is 17.0. The second kappa shape index (κ2) is 5.89. The number of urea groups is 1. The highest BCUT2D eigenvalue weighted by Crippen LogP contribution is 2.29. The number of rotatable bonds is 3. The molecule has 2 aromatic carbocycles. The van der Waals surface area contributed by atoms with E-state index in [1.807, 2.05) is 54.6 Å². The number of para-hydroxylation sites is 1. The van der Waals surface area contributed by atoms with Crippen molar-refractivity contribution < 1.29 is 9.59 Å². The van der Waals surface area contributed by atoms with E-state index in [-0.39, 0.29) is 5.91 Å². The first-order chi connectivity index (χ1) is 10.6. The molecule has 0 spiro atoms. The molecule has 1 atom stereocenters. The second-order valence-electron chi connectivity index (χ2n) is 5.30. The van der Waals surface area contributed by atoms with E-state index < -0.39 is 12.1 Å². The smallest absolute Gasteiger partial charge is 0.312 e. The molecule has 0 fully saturated rings. The molecular weight excluding hydrogens is 278 g/mol. The van der Waals surface area contributed by atoms with E-state index in [1.165, 1.54) is 0 Å². The summed E-state index contributed by atoms with van der Waals surface area (Å²) >= 11 is 0. The molecule has 3 N–H and O–H groups in total. The molecule has 0 bridgehead atoms. The molecule has 0 aromatic heterocycles. The molecular formula is C17H17N3O2. The van der Waals surface area contributed by atoms with Crippen LogP contribution in [-0.4, -0.2) is 18.0 Å². The topological polar surface area (TPSA) is 75.4 Å². The van der Waals surface area contributed by atoms with Gasteiger partial charge in [0.25, 0.3) is 0 Å². The number of carbonyl (C=O) groups excluding carboxylic acids is 2. The van der Waals surface area contributed by atoms with Crippen molar-refractivity contribution in [3.63, 3.8) is 0 Å². The third-order valence-electron chi connectivity index (χ3n) is 3.77. The molecule has 1 aliphatic heterocycles. The Hall–Kier alpha value is -2.82. The lowest BCUT2D eigenvalue weighted by Gasteiger charge is -2.34. The van der Waals surface area contributed by atoms with Gasteiger partial charge in [0.2, 0.25) is 5.91 Å². The predicted octanol–water partition coefficient (Wildman–Crippen LogP) is 1.81. The Labute approximate surface area is 128 Å². The molecule has 3 amide bonds. The fourth-order valence-electron chi connectivity index (χ4n) is 2.77. The standard InChI is InChI=1S/C17H17N3O2/c18-17(22)19-14-10-13-8-4-5-9-15(13)20(16(14)21)11-12-6-2-1-3-7-12/h1-9,14H,10-11H2,(H3,18,19,22)/t14-/m1/s1. The van der Waals surface area contributed by atoms with Crippen LogP contribution in [0.15, 0.2) is 54.6 Å². The highest BCUT2D eigenvalue weighted by Gasteiger charge is 2.33. The van der Waals surface area contributed by atoms with Crippen LogP contribution in [0.2, 0.25) is 0 Å². The minimum Gasteiger partial charge on any atom is -0.352 e. The van der Waals surface area contributed by atoms with Crippen molar-refractivity contribution in [3.8, 4) is 0 Å². The van der Waals surface area contributed by atoms with Gasteiger partial charge >= 0.3 is 6.03 Å². The molecule has 5 heteroatoms. The zero-order valence-corrected chi connectivity index (χ0v) is 12.0. The van der Waals surface area contributed by atoms with E-state index in [0.29, 0.717) is 13.0 Å². The van der Waals surface area contributed by atoms with Gasteiger partial charge < -0.3 is 16.0 Å². The Morgan fingerprint density at radius 3 is 2.55 bits per heavy atom. The van der Waals surface area contributed by atoms with Crippen molar-refractivity contribution in [3.05, 3.63) is 65.7 Å². The number of amides is 3. The maximum Gasteiger partial charge on any atom is 0.312 e. The van der Waals surface area contributed by atoms with E-state index in [4.69, 9.17) is 5.73 Å². The largest absolute Gasteiger partial charge is 0.352 e. The number of nitrogens with zero attached hydrogens (tertiary/aromatic N) is 1. The van der Waals surface area contributed by atoms with Crippen LogP contribution < -0.4 is 16.0 Å². The Bertz CT molecular complexity index is 700. The number of hydrogen-bond donors (Lipinski definition) is 2. The molecule has 0 radical (unpaired) electrons. The third-order valence-corrected chi connectivity index (χ3v) is 3.77. The van der Waals surface area contributed by atoms with Crippen molar-refractivity contribution in [2.24, 2.45) is 5.73 Å². The summed E-state index contributed by atoms with van der Waals surface area (Å²) in [6, 6.07) is 16.2. The molecule has 0 saturated heterocycles. The summed E-state index contributed by atoms with van der Waals surface area (Å²) in [6.45, 7) is 0.466. The molecule has 0 saturated carbocycles. The Morgan fingerprint density at radius 2 is 1.82 bits per heavy atom. The molecule has 3 rings (SSSR count). The van der Waals surface area contributed by atoms with Gasteiger partial charge in [0.1, 0.15) is 6.04 Å². The van der Waals surface area contributed by atoms with Gasteiger partial charge in [-0.25, -0.2) is 4.79 Å². The lowest BCUT2D eigenvalue weighted by atomic mass is 9.96. The monoisotopic (exact) mass is 295 g/mol. The van der Waals surface area contributed by atoms with E-state index >= 15 is 0 Å². The minimum atomic E-state index is -0.683. The number of anilines is 1. The van der Waals surface area contributed by atoms with Gasteiger partial charge in [-0.3, -0.25) is 4.79 Å². The number of benzene rings is 2. The summed E-state index contributed by atoms with van der Waals surface area (Å²) in [6.07, 6.45) is 0.462. The maximum atomic E-state index is 12.7. The van der Waals surface area contributed by atoms with Crippen molar-refractivity contribution in [1.29, 1.82) is 0 Å². The zero-order chi connectivity index (χ0) is 15.5. The van der Waals surface area contributed by atoms with Crippen molar-refractivity contribution in [1.82, 2.24) is 5.32 Å². The molecule has 0 aliphatic carbocycles. The van der Waals surface area contributed by atoms with Crippen LogP contribution in [0.25, 0.3) is 0 Å². The maximum absolute atomic E-state index is 12.7. The first-order valence-electron chi connectivity index (χ1n) is 7.14. The first-order valence-corrected chi connectivity index (χ1v) is 7.14. The molecule has 112 valence electrons. The molecule has 5 nitrogen and oxygen atoms in total. The third kappa shape index (κ3) is 2.79. The molecule has 1 heterocycles. The highest BCUT2D eigenvalue weighted by atomic mass is 16.2. The second-order valence-corrected chi connectivity index (χ2v) is 5.30. The summed E-state index contributed by atoms with van der Waals surface area (Å²) in [4.78, 5) is 25.5. The highest BCUT2D eigenvalue weighted by molar-refractivity contribution is 6.01. The quantitative estimate of drug-likeness (QED) is 0.906. The van der Waals surface area contributed by atoms with Gasteiger partial charge in [-0.15, -0.1) is 0 Å². The van der Waals surface area contributed by atoms with Crippen molar-refractivity contribution in [2.75, 3.05) is 4.90 Å². The number of hydrogen-bond acceptors (Lipinski definition) is 2. The van der Waals surface area contributed by atoms with Gasteiger partial charge in [0.15, 0.2) is 0 Å². The number of primary amides is 1. The van der Waals surface area contributed by atoms with Gasteiger partial charge in [0, 0.05) is 12.1 Å². The fraction of sp³-hybridized carbons (Fsp3) is 0.176. The number of carbonyl (C=O) groups is 2. The number of fused-ring (bicyclic) bond motifs is 1. The first kappa shape index (κ1) is 14.1. The van der Waals surface area contributed by atoms with Crippen LogP contribution >= 0.6 is 0 Å². The fourth-order valence-corrected chi connectivity index (χ4v) is 2.77. The molecule has 0 unspecified atom stereocenters. The van der Waals surface area contributed by atoms with Crippen LogP contribution in [0, 0.1) is 0 Å². The Kier molecular flexibility index (Phi) is 3.78. The van der Waals surface area contributed by atoms with Crippen molar-refractivity contribution >= 4 is 17.6 Å². The summed E-state index contributed by atoms with van der Waals surface area (Å²) < 4.78 is 0. The average molecular weight is 295 g/mol. The predicted molar refractivity (Wildman–Crippen MR) is 84.3 cm³/mol. The van der Waals surface area contributed by atoms with Crippen LogP contribution in [0.1, 0.15) is 11.1 Å². The lowest BCUT2D eigenvalue weighted by molar-refractivity contribution is -0.120.